The van der Waals surface area contributed by atoms with Crippen molar-refractivity contribution >= 4 is 17.4 Å². The van der Waals surface area contributed by atoms with Gasteiger partial charge in [0.15, 0.2) is 11.5 Å². The van der Waals surface area contributed by atoms with Gasteiger partial charge in [0.25, 0.3) is 11.7 Å². The van der Waals surface area contributed by atoms with E-state index in [2.05, 4.69) is 4.90 Å². The SMILES string of the molecule is CCOc1cccc(C(O)=C2C(=O)C(=O)N(CCN(CC)CC)C2c2ccc(O)c(OC)c2)c1. The predicted octanol–water partition coefficient (Wildman–Crippen LogP) is 3.56. The summed E-state index contributed by atoms with van der Waals surface area (Å²) in [4.78, 5) is 29.9. The van der Waals surface area contributed by atoms with Crippen molar-refractivity contribution in [1.82, 2.24) is 9.80 Å². The number of aliphatic hydroxyl groups excluding tert-OH is 1. The minimum atomic E-state index is -0.833. The molecule has 0 radical (unpaired) electrons. The number of aromatic hydroxyl groups is 1. The maximum atomic E-state index is 13.2. The molecule has 0 aromatic heterocycles. The fraction of sp³-hybridized carbons (Fsp3) is 0.385. The van der Waals surface area contributed by atoms with Crippen molar-refractivity contribution in [3.63, 3.8) is 0 Å². The number of hydrogen-bond acceptors (Lipinski definition) is 7. The number of likely N-dealkylation sites (N-methyl/N-ethyl adjacent to an activating group) is 1. The predicted molar refractivity (Wildman–Crippen MR) is 129 cm³/mol. The quantitative estimate of drug-likeness (QED) is 0.312. The van der Waals surface area contributed by atoms with E-state index < -0.39 is 17.7 Å². The average molecular weight is 469 g/mol. The highest BCUT2D eigenvalue weighted by molar-refractivity contribution is 6.46. The van der Waals surface area contributed by atoms with E-state index in [0.717, 1.165) is 13.1 Å². The molecule has 1 atom stereocenters. The van der Waals surface area contributed by atoms with Crippen LogP contribution in [0.25, 0.3) is 5.76 Å². The first-order valence-electron chi connectivity index (χ1n) is 11.5. The van der Waals surface area contributed by atoms with Crippen LogP contribution in [0.2, 0.25) is 0 Å². The van der Waals surface area contributed by atoms with E-state index in [4.69, 9.17) is 9.47 Å². The Kier molecular flexibility index (Phi) is 8.17. The van der Waals surface area contributed by atoms with Gasteiger partial charge in [0, 0.05) is 18.7 Å². The van der Waals surface area contributed by atoms with Crippen molar-refractivity contribution in [2.45, 2.75) is 26.8 Å². The summed E-state index contributed by atoms with van der Waals surface area (Å²) in [7, 11) is 1.43. The first-order chi connectivity index (χ1) is 16.4. The van der Waals surface area contributed by atoms with Gasteiger partial charge < -0.3 is 29.5 Å². The van der Waals surface area contributed by atoms with Gasteiger partial charge in [-0.25, -0.2) is 0 Å². The van der Waals surface area contributed by atoms with Crippen molar-refractivity contribution in [2.24, 2.45) is 0 Å². The molecule has 8 nitrogen and oxygen atoms in total. The number of hydrogen-bond donors (Lipinski definition) is 2. The number of carbonyl (C=O) groups excluding carboxylic acids is 2. The molecule has 8 heteroatoms. The number of phenols is 1. The minimum Gasteiger partial charge on any atom is -0.507 e. The van der Waals surface area contributed by atoms with Crippen LogP contribution in [-0.2, 0) is 9.59 Å². The fourth-order valence-electron chi connectivity index (χ4n) is 4.17. The monoisotopic (exact) mass is 468 g/mol. The van der Waals surface area contributed by atoms with E-state index >= 15 is 0 Å². The summed E-state index contributed by atoms with van der Waals surface area (Å²) >= 11 is 0. The molecule has 1 heterocycles. The summed E-state index contributed by atoms with van der Waals surface area (Å²) in [6, 6.07) is 10.6. The van der Waals surface area contributed by atoms with Crippen LogP contribution in [0.3, 0.4) is 0 Å². The molecule has 1 aliphatic heterocycles. The number of Topliss-reactive ketones (excluding diaryl/α,β-unsaturated/α-hetero) is 1. The number of benzene rings is 2. The minimum absolute atomic E-state index is 0.00839. The van der Waals surface area contributed by atoms with Gasteiger partial charge in [-0.15, -0.1) is 0 Å². The van der Waals surface area contributed by atoms with Crippen LogP contribution in [0.15, 0.2) is 48.0 Å². The Balaban J connectivity index is 2.14. The molecule has 1 unspecified atom stereocenters. The topological polar surface area (TPSA) is 99.5 Å². The number of methoxy groups -OCH3 is 1. The summed E-state index contributed by atoms with van der Waals surface area (Å²) in [5, 5.41) is 21.3. The van der Waals surface area contributed by atoms with E-state index in [9.17, 15) is 19.8 Å². The van der Waals surface area contributed by atoms with Crippen molar-refractivity contribution in [3.8, 4) is 17.2 Å². The average Bonchev–Trinajstić information content (AvgIpc) is 3.10. The van der Waals surface area contributed by atoms with Crippen LogP contribution in [0.4, 0.5) is 0 Å². The van der Waals surface area contributed by atoms with Crippen molar-refractivity contribution in [2.75, 3.05) is 39.9 Å². The maximum absolute atomic E-state index is 13.2. The first kappa shape index (κ1) is 25.1. The number of phenolic OH excluding ortho intramolecular Hbond substituents is 1. The Morgan fingerprint density at radius 1 is 1.09 bits per heavy atom. The lowest BCUT2D eigenvalue weighted by atomic mass is 9.95. The van der Waals surface area contributed by atoms with E-state index in [0.29, 0.717) is 36.6 Å². The van der Waals surface area contributed by atoms with Gasteiger partial charge in [0.2, 0.25) is 0 Å². The molecule has 1 saturated heterocycles. The van der Waals surface area contributed by atoms with Crippen LogP contribution >= 0.6 is 0 Å². The van der Waals surface area contributed by atoms with Crippen molar-refractivity contribution < 1.29 is 29.3 Å². The molecule has 0 saturated carbocycles. The summed E-state index contributed by atoms with van der Waals surface area (Å²) < 4.78 is 10.8. The van der Waals surface area contributed by atoms with Gasteiger partial charge in [-0.2, -0.15) is 0 Å². The first-order valence-corrected chi connectivity index (χ1v) is 11.5. The molecule has 1 fully saturated rings. The highest BCUT2D eigenvalue weighted by Gasteiger charge is 2.46. The molecule has 1 amide bonds. The van der Waals surface area contributed by atoms with Crippen LogP contribution in [0.5, 0.6) is 17.2 Å². The normalized spacial score (nSPS) is 17.4. The molecule has 1 aliphatic rings. The number of nitrogens with zero attached hydrogens (tertiary/aromatic N) is 2. The number of rotatable bonds is 10. The third kappa shape index (κ3) is 5.02. The Hall–Kier alpha value is -3.52. The molecule has 2 aromatic carbocycles. The highest BCUT2D eigenvalue weighted by Crippen LogP contribution is 2.41. The second-order valence-electron chi connectivity index (χ2n) is 7.91. The molecule has 182 valence electrons. The molecule has 34 heavy (non-hydrogen) atoms. The van der Waals surface area contributed by atoms with Crippen LogP contribution in [0, 0.1) is 0 Å². The number of ether oxygens (including phenoxy) is 2. The Bertz CT molecular complexity index is 1080. The van der Waals surface area contributed by atoms with Crippen LogP contribution < -0.4 is 9.47 Å². The molecular formula is C26H32N2O6. The van der Waals surface area contributed by atoms with E-state index in [1.54, 1.807) is 36.4 Å². The number of carbonyl (C=O) groups is 2. The lowest BCUT2D eigenvalue weighted by Gasteiger charge is -2.28. The molecule has 2 N–H and O–H groups in total. The maximum Gasteiger partial charge on any atom is 0.295 e. The highest BCUT2D eigenvalue weighted by atomic mass is 16.5. The number of amides is 1. The second-order valence-corrected chi connectivity index (χ2v) is 7.91. The van der Waals surface area contributed by atoms with Crippen LogP contribution in [-0.4, -0.2) is 71.6 Å². The van der Waals surface area contributed by atoms with Gasteiger partial charge >= 0.3 is 0 Å². The lowest BCUT2D eigenvalue weighted by molar-refractivity contribution is -0.140. The van der Waals surface area contributed by atoms with E-state index in [1.165, 1.54) is 18.1 Å². The zero-order valence-corrected chi connectivity index (χ0v) is 20.1. The zero-order chi connectivity index (χ0) is 24.8. The summed E-state index contributed by atoms with van der Waals surface area (Å²) in [6.07, 6.45) is 0. The van der Waals surface area contributed by atoms with Gasteiger partial charge in [0.05, 0.1) is 25.3 Å². The number of aliphatic hydroxyl groups is 1. The molecule has 2 aromatic rings. The van der Waals surface area contributed by atoms with Crippen LogP contribution in [0.1, 0.15) is 37.9 Å². The molecule has 0 aliphatic carbocycles. The largest absolute Gasteiger partial charge is 0.507 e. The molecule has 0 spiro atoms. The molecular weight excluding hydrogens is 436 g/mol. The second kappa shape index (κ2) is 11.1. The van der Waals surface area contributed by atoms with Gasteiger partial charge in [-0.3, -0.25) is 9.59 Å². The summed E-state index contributed by atoms with van der Waals surface area (Å²) in [5.74, 6) is -1.00. The van der Waals surface area contributed by atoms with E-state index in [1.807, 2.05) is 20.8 Å². The fourth-order valence-corrected chi connectivity index (χ4v) is 4.17. The number of ketones is 1. The summed E-state index contributed by atoms with van der Waals surface area (Å²) in [6.45, 7) is 8.86. The van der Waals surface area contributed by atoms with Crippen molar-refractivity contribution in [3.05, 3.63) is 59.2 Å². The van der Waals surface area contributed by atoms with Crippen molar-refractivity contribution in [1.29, 1.82) is 0 Å². The van der Waals surface area contributed by atoms with Gasteiger partial charge in [-0.1, -0.05) is 32.0 Å². The Morgan fingerprint density at radius 2 is 1.82 bits per heavy atom. The summed E-state index contributed by atoms with van der Waals surface area (Å²) in [5.41, 5.74) is 0.922. The molecule has 3 rings (SSSR count). The Labute approximate surface area is 200 Å². The number of likely N-dealkylation sites (tertiary alicyclic amines) is 1. The third-order valence-electron chi connectivity index (χ3n) is 6.03. The lowest BCUT2D eigenvalue weighted by Crippen LogP contribution is -2.38. The van der Waals surface area contributed by atoms with Gasteiger partial charge in [-0.05, 0) is 49.8 Å². The smallest absolute Gasteiger partial charge is 0.295 e. The van der Waals surface area contributed by atoms with E-state index in [-0.39, 0.29) is 22.8 Å². The van der Waals surface area contributed by atoms with Gasteiger partial charge in [0.1, 0.15) is 11.5 Å². The standard InChI is InChI=1S/C26H32N2O6/c1-5-27(6-2)13-14-28-23(17-11-12-20(29)21(16-17)33-4)22(25(31)26(28)32)24(30)18-9-8-10-19(15-18)34-7-3/h8-12,15-16,23,29-30H,5-7,13-14H2,1-4H3. The third-order valence-corrected chi connectivity index (χ3v) is 6.03. The molecule has 0 bridgehead atoms. The Morgan fingerprint density at radius 3 is 2.47 bits per heavy atom. The zero-order valence-electron chi connectivity index (χ0n) is 20.1.